The highest BCUT2D eigenvalue weighted by molar-refractivity contribution is 5.86. The Labute approximate surface area is 177 Å². The number of carbonyl (C=O) groups is 2. The van der Waals surface area contributed by atoms with Gasteiger partial charge in [0.1, 0.15) is 6.04 Å². The molecule has 7 heteroatoms. The summed E-state index contributed by atoms with van der Waals surface area (Å²) in [7, 11) is 2.85. The maximum atomic E-state index is 12.9. The lowest BCUT2D eigenvalue weighted by Gasteiger charge is -2.22. The Balaban J connectivity index is 2.12. The van der Waals surface area contributed by atoms with Crippen LogP contribution in [0, 0.1) is 0 Å². The van der Waals surface area contributed by atoms with Crippen LogP contribution in [0.15, 0.2) is 48.5 Å². The minimum atomic E-state index is -0.767. The Morgan fingerprint density at radius 1 is 1.00 bits per heavy atom. The molecule has 0 aliphatic heterocycles. The van der Waals surface area contributed by atoms with Gasteiger partial charge in [-0.05, 0) is 36.6 Å². The Morgan fingerprint density at radius 2 is 1.73 bits per heavy atom. The highest BCUT2D eigenvalue weighted by Crippen LogP contribution is 2.30. The van der Waals surface area contributed by atoms with E-state index in [1.807, 2.05) is 62.4 Å². The van der Waals surface area contributed by atoms with Crippen LogP contribution in [0.3, 0.4) is 0 Å². The molecule has 2 aromatic rings. The van der Waals surface area contributed by atoms with Crippen molar-refractivity contribution in [1.82, 2.24) is 10.6 Å². The first-order valence-corrected chi connectivity index (χ1v) is 9.98. The topological polar surface area (TPSA) is 85.9 Å². The van der Waals surface area contributed by atoms with Crippen LogP contribution >= 0.6 is 0 Å². The van der Waals surface area contributed by atoms with Crippen LogP contribution in [0.1, 0.15) is 37.4 Å². The SMILES string of the molecule is CCCOc1ccc(C(C)NC(=O)C(Cc2ccccc2)NC(=O)OC)cc1OC. The van der Waals surface area contributed by atoms with Crippen molar-refractivity contribution in [2.45, 2.75) is 38.8 Å². The summed E-state index contributed by atoms with van der Waals surface area (Å²) in [5.41, 5.74) is 1.79. The maximum Gasteiger partial charge on any atom is 0.407 e. The van der Waals surface area contributed by atoms with E-state index in [1.54, 1.807) is 7.11 Å². The van der Waals surface area contributed by atoms with Gasteiger partial charge in [-0.3, -0.25) is 4.79 Å². The third-order valence-electron chi connectivity index (χ3n) is 4.58. The summed E-state index contributed by atoms with van der Waals surface area (Å²) in [5.74, 6) is 0.966. The lowest BCUT2D eigenvalue weighted by Crippen LogP contribution is -2.48. The molecule has 2 rings (SSSR count). The van der Waals surface area contributed by atoms with Crippen molar-refractivity contribution < 1.29 is 23.8 Å². The second-order valence-corrected chi connectivity index (χ2v) is 6.87. The van der Waals surface area contributed by atoms with Crippen molar-refractivity contribution in [3.05, 3.63) is 59.7 Å². The number of carbonyl (C=O) groups excluding carboxylic acids is 2. The number of hydrogen-bond acceptors (Lipinski definition) is 5. The van der Waals surface area contributed by atoms with Crippen LogP contribution < -0.4 is 20.1 Å². The van der Waals surface area contributed by atoms with E-state index in [1.165, 1.54) is 7.11 Å². The molecule has 162 valence electrons. The van der Waals surface area contributed by atoms with Crippen molar-refractivity contribution in [3.63, 3.8) is 0 Å². The molecule has 2 aromatic carbocycles. The average molecular weight is 415 g/mol. The second-order valence-electron chi connectivity index (χ2n) is 6.87. The average Bonchev–Trinajstić information content (AvgIpc) is 2.77. The molecule has 2 atom stereocenters. The zero-order valence-corrected chi connectivity index (χ0v) is 17.9. The lowest BCUT2D eigenvalue weighted by atomic mass is 10.0. The molecular weight excluding hydrogens is 384 g/mol. The number of hydrogen-bond donors (Lipinski definition) is 2. The predicted octanol–water partition coefficient (Wildman–Crippen LogP) is 3.63. The van der Waals surface area contributed by atoms with E-state index in [4.69, 9.17) is 9.47 Å². The van der Waals surface area contributed by atoms with Gasteiger partial charge in [0.25, 0.3) is 0 Å². The van der Waals surface area contributed by atoms with Gasteiger partial charge in [0.15, 0.2) is 11.5 Å². The third kappa shape index (κ3) is 6.69. The van der Waals surface area contributed by atoms with Gasteiger partial charge in [-0.25, -0.2) is 4.79 Å². The van der Waals surface area contributed by atoms with Crippen molar-refractivity contribution in [2.75, 3.05) is 20.8 Å². The lowest BCUT2D eigenvalue weighted by molar-refractivity contribution is -0.123. The Morgan fingerprint density at radius 3 is 2.37 bits per heavy atom. The minimum absolute atomic E-state index is 0.302. The minimum Gasteiger partial charge on any atom is -0.493 e. The fourth-order valence-corrected chi connectivity index (χ4v) is 2.94. The number of benzene rings is 2. The number of alkyl carbamates (subject to hydrolysis) is 1. The van der Waals surface area contributed by atoms with Crippen LogP contribution in [0.2, 0.25) is 0 Å². The van der Waals surface area contributed by atoms with Crippen molar-refractivity contribution in [3.8, 4) is 11.5 Å². The summed E-state index contributed by atoms with van der Waals surface area (Å²) in [6.07, 6.45) is 0.590. The molecule has 0 saturated heterocycles. The van der Waals surface area contributed by atoms with Gasteiger partial charge in [0.05, 0.1) is 26.9 Å². The summed E-state index contributed by atoms with van der Waals surface area (Å²) >= 11 is 0. The summed E-state index contributed by atoms with van der Waals surface area (Å²) in [6.45, 7) is 4.51. The number of ether oxygens (including phenoxy) is 3. The fourth-order valence-electron chi connectivity index (χ4n) is 2.94. The van der Waals surface area contributed by atoms with Crippen LogP contribution in [-0.2, 0) is 16.0 Å². The van der Waals surface area contributed by atoms with E-state index in [9.17, 15) is 9.59 Å². The van der Waals surface area contributed by atoms with Crippen LogP contribution in [-0.4, -0.2) is 38.9 Å². The quantitative estimate of drug-likeness (QED) is 0.620. The number of rotatable bonds is 10. The Hall–Kier alpha value is -3.22. The van der Waals surface area contributed by atoms with Crippen LogP contribution in [0.25, 0.3) is 0 Å². The smallest absolute Gasteiger partial charge is 0.407 e. The molecule has 2 N–H and O–H groups in total. The third-order valence-corrected chi connectivity index (χ3v) is 4.58. The predicted molar refractivity (Wildman–Crippen MR) is 115 cm³/mol. The molecule has 0 aliphatic carbocycles. The normalized spacial score (nSPS) is 12.4. The molecule has 2 amide bonds. The van der Waals surface area contributed by atoms with Crippen molar-refractivity contribution >= 4 is 12.0 Å². The largest absolute Gasteiger partial charge is 0.493 e. The monoisotopic (exact) mass is 414 g/mol. The zero-order chi connectivity index (χ0) is 21.9. The molecule has 0 heterocycles. The van der Waals surface area contributed by atoms with E-state index < -0.39 is 12.1 Å². The molecule has 0 aliphatic rings. The van der Waals surface area contributed by atoms with Gasteiger partial charge in [-0.15, -0.1) is 0 Å². The molecule has 0 spiro atoms. The summed E-state index contributed by atoms with van der Waals surface area (Å²) in [4.78, 5) is 24.6. The molecule has 0 radical (unpaired) electrons. The van der Waals surface area contributed by atoms with Gasteiger partial charge in [-0.2, -0.15) is 0 Å². The molecule has 7 nitrogen and oxygen atoms in total. The Bertz CT molecular complexity index is 826. The molecule has 0 bridgehead atoms. The van der Waals surface area contributed by atoms with E-state index >= 15 is 0 Å². The fraction of sp³-hybridized carbons (Fsp3) is 0.391. The second kappa shape index (κ2) is 11.7. The van der Waals surface area contributed by atoms with Crippen molar-refractivity contribution in [2.24, 2.45) is 0 Å². The number of methoxy groups -OCH3 is 2. The Kier molecular flexibility index (Phi) is 9.00. The highest BCUT2D eigenvalue weighted by Gasteiger charge is 2.23. The van der Waals surface area contributed by atoms with E-state index in [0.717, 1.165) is 17.5 Å². The number of amides is 2. The van der Waals surface area contributed by atoms with Gasteiger partial charge in [0, 0.05) is 6.42 Å². The van der Waals surface area contributed by atoms with Gasteiger partial charge < -0.3 is 24.8 Å². The zero-order valence-electron chi connectivity index (χ0n) is 17.9. The van der Waals surface area contributed by atoms with Crippen LogP contribution in [0.5, 0.6) is 11.5 Å². The van der Waals surface area contributed by atoms with Crippen LogP contribution in [0.4, 0.5) is 4.79 Å². The maximum absolute atomic E-state index is 12.9. The van der Waals surface area contributed by atoms with Crippen molar-refractivity contribution in [1.29, 1.82) is 0 Å². The molecule has 2 unspecified atom stereocenters. The number of nitrogens with one attached hydrogen (secondary N) is 2. The summed E-state index contributed by atoms with van der Waals surface area (Å²) in [5, 5.41) is 5.56. The first-order valence-electron chi connectivity index (χ1n) is 9.98. The van der Waals surface area contributed by atoms with Gasteiger partial charge in [0.2, 0.25) is 5.91 Å². The van der Waals surface area contributed by atoms with E-state index in [0.29, 0.717) is 24.5 Å². The standard InChI is InChI=1S/C23H30N2O5/c1-5-13-30-20-12-11-18(15-21(20)28-3)16(2)24-22(26)19(25-23(27)29-4)14-17-9-7-6-8-10-17/h6-12,15-16,19H,5,13-14H2,1-4H3,(H,24,26)(H,25,27). The summed E-state index contributed by atoms with van der Waals surface area (Å²) < 4.78 is 15.8. The molecule has 0 aromatic heterocycles. The van der Waals surface area contributed by atoms with Gasteiger partial charge in [-0.1, -0.05) is 43.3 Å². The molecular formula is C23H30N2O5. The molecule has 0 fully saturated rings. The van der Waals surface area contributed by atoms with Gasteiger partial charge >= 0.3 is 6.09 Å². The first kappa shape index (κ1) is 23.1. The first-order chi connectivity index (χ1) is 14.5. The van der Waals surface area contributed by atoms with E-state index in [2.05, 4.69) is 15.4 Å². The molecule has 30 heavy (non-hydrogen) atoms. The summed E-state index contributed by atoms with van der Waals surface area (Å²) in [6, 6.07) is 14.0. The van der Waals surface area contributed by atoms with E-state index in [-0.39, 0.29) is 11.9 Å². The highest BCUT2D eigenvalue weighted by atomic mass is 16.5. The molecule has 0 saturated carbocycles.